The minimum absolute atomic E-state index is 0.255. The Morgan fingerprint density at radius 3 is 2.46 bits per heavy atom. The Morgan fingerprint density at radius 1 is 1.12 bits per heavy atom. The van der Waals surface area contributed by atoms with Crippen LogP contribution in [0.5, 0.6) is 5.75 Å². The zero-order valence-electron chi connectivity index (χ0n) is 14.1. The summed E-state index contributed by atoms with van der Waals surface area (Å²) in [5, 5.41) is 11.2. The van der Waals surface area contributed by atoms with Gasteiger partial charge in [-0.1, -0.05) is 30.3 Å². The summed E-state index contributed by atoms with van der Waals surface area (Å²) < 4.78 is 19.3. The summed E-state index contributed by atoms with van der Waals surface area (Å²) in [5.74, 6) is -1.19. The van der Waals surface area contributed by atoms with E-state index in [9.17, 15) is 19.3 Å². The predicted octanol–water partition coefficient (Wildman–Crippen LogP) is 3.87. The van der Waals surface area contributed by atoms with E-state index in [1.807, 2.05) is 0 Å². The van der Waals surface area contributed by atoms with E-state index >= 15 is 0 Å². The van der Waals surface area contributed by atoms with Crippen LogP contribution in [0.1, 0.15) is 30.9 Å². The molecular formula is C19H19FN2O4. The molecule has 0 spiro atoms. The van der Waals surface area contributed by atoms with E-state index in [1.165, 1.54) is 0 Å². The maximum atomic E-state index is 13.6. The molecule has 26 heavy (non-hydrogen) atoms. The summed E-state index contributed by atoms with van der Waals surface area (Å²) >= 11 is 0. The summed E-state index contributed by atoms with van der Waals surface area (Å²) in [4.78, 5) is 25.3. The van der Waals surface area contributed by atoms with Crippen molar-refractivity contribution < 1.29 is 18.8 Å². The van der Waals surface area contributed by atoms with Gasteiger partial charge in [0.2, 0.25) is 11.9 Å². The van der Waals surface area contributed by atoms with Gasteiger partial charge in [-0.3, -0.25) is 14.9 Å². The minimum atomic E-state index is -1.06. The highest BCUT2D eigenvalue weighted by Crippen LogP contribution is 2.33. The zero-order chi connectivity index (χ0) is 18.5. The van der Waals surface area contributed by atoms with E-state index in [0.717, 1.165) is 37.5 Å². The molecule has 0 N–H and O–H groups in total. The number of rotatable bonds is 5. The first kappa shape index (κ1) is 17.8. The molecule has 1 atom stereocenters. The van der Waals surface area contributed by atoms with Crippen LogP contribution >= 0.6 is 0 Å². The second-order valence-corrected chi connectivity index (χ2v) is 6.16. The van der Waals surface area contributed by atoms with Crippen molar-refractivity contribution in [3.05, 3.63) is 70.0 Å². The molecule has 0 saturated carbocycles. The Bertz CT molecular complexity index is 791. The summed E-state index contributed by atoms with van der Waals surface area (Å²) in [7, 11) is 0. The van der Waals surface area contributed by atoms with Crippen LogP contribution in [0.15, 0.2) is 48.5 Å². The Kier molecular flexibility index (Phi) is 5.46. The van der Waals surface area contributed by atoms with Gasteiger partial charge < -0.3 is 9.64 Å². The van der Waals surface area contributed by atoms with Crippen LogP contribution in [-0.4, -0.2) is 28.8 Å². The fourth-order valence-electron chi connectivity index (χ4n) is 3.03. The molecule has 6 nitrogen and oxygen atoms in total. The number of likely N-dealkylation sites (tertiary alicyclic amines) is 1. The van der Waals surface area contributed by atoms with Crippen molar-refractivity contribution >= 4 is 11.6 Å². The molecule has 0 unspecified atom stereocenters. The zero-order valence-corrected chi connectivity index (χ0v) is 14.1. The molecule has 0 aromatic heterocycles. The van der Waals surface area contributed by atoms with E-state index < -0.39 is 16.8 Å². The van der Waals surface area contributed by atoms with Crippen molar-refractivity contribution in [1.82, 2.24) is 4.90 Å². The summed E-state index contributed by atoms with van der Waals surface area (Å²) in [6.07, 6.45) is 1.83. The number of hydrogen-bond acceptors (Lipinski definition) is 4. The lowest BCUT2D eigenvalue weighted by Crippen LogP contribution is -2.40. The van der Waals surface area contributed by atoms with Gasteiger partial charge in [-0.2, -0.15) is 0 Å². The third kappa shape index (κ3) is 3.99. The molecule has 136 valence electrons. The van der Waals surface area contributed by atoms with Gasteiger partial charge in [0.05, 0.1) is 4.92 Å². The second kappa shape index (κ2) is 7.95. The lowest BCUT2D eigenvalue weighted by Gasteiger charge is -2.30. The number of amides is 1. The molecule has 1 heterocycles. The van der Waals surface area contributed by atoms with Gasteiger partial charge in [-0.05, 0) is 25.3 Å². The third-order valence-electron chi connectivity index (χ3n) is 4.36. The number of piperidine rings is 1. The lowest BCUT2D eigenvalue weighted by atomic mass is 10.1. The number of nitro benzene ring substituents is 1. The molecule has 0 bridgehead atoms. The number of carbonyl (C=O) groups is 1. The van der Waals surface area contributed by atoms with Crippen molar-refractivity contribution in [2.24, 2.45) is 0 Å². The smallest absolute Gasteiger partial charge is 0.311 e. The quantitative estimate of drug-likeness (QED) is 0.601. The highest BCUT2D eigenvalue weighted by molar-refractivity contribution is 5.83. The summed E-state index contributed by atoms with van der Waals surface area (Å²) in [5.41, 5.74) is 0.195. The molecule has 0 radical (unpaired) electrons. The largest absolute Gasteiger partial charge is 0.468 e. The van der Waals surface area contributed by atoms with Crippen molar-refractivity contribution in [2.45, 2.75) is 25.4 Å². The maximum absolute atomic E-state index is 13.6. The first-order valence-electron chi connectivity index (χ1n) is 8.50. The van der Waals surface area contributed by atoms with Crippen LogP contribution in [0.3, 0.4) is 0 Å². The summed E-state index contributed by atoms with van der Waals surface area (Å²) in [6.45, 7) is 1.24. The van der Waals surface area contributed by atoms with E-state index in [2.05, 4.69) is 0 Å². The van der Waals surface area contributed by atoms with Crippen LogP contribution in [-0.2, 0) is 4.79 Å². The number of benzene rings is 2. The normalized spacial score (nSPS) is 15.3. The Balaban J connectivity index is 1.95. The average molecular weight is 358 g/mol. The Morgan fingerprint density at radius 2 is 1.81 bits per heavy atom. The molecule has 2 aromatic rings. The molecular weight excluding hydrogens is 339 g/mol. The van der Waals surface area contributed by atoms with Crippen LogP contribution < -0.4 is 4.74 Å². The highest BCUT2D eigenvalue weighted by Gasteiger charge is 2.31. The molecule has 1 fully saturated rings. The number of ether oxygens (including phenoxy) is 1. The molecule has 0 aliphatic carbocycles. The monoisotopic (exact) mass is 358 g/mol. The molecule has 1 aliphatic rings. The molecule has 3 rings (SSSR count). The number of nitro groups is 1. The van der Waals surface area contributed by atoms with Gasteiger partial charge in [0, 0.05) is 30.8 Å². The standard InChI is InChI=1S/C19H19FN2O4/c20-15-9-10-16(22(24)25)17(13-15)26-18(14-7-3-1-4-8-14)19(23)21-11-5-2-6-12-21/h1,3-4,7-10,13,18H,2,5-6,11-12H2/t18-/m0/s1. The van der Waals surface area contributed by atoms with Crippen LogP contribution in [0.4, 0.5) is 10.1 Å². The highest BCUT2D eigenvalue weighted by atomic mass is 19.1. The number of hydrogen-bond donors (Lipinski definition) is 0. The predicted molar refractivity (Wildman–Crippen MR) is 93.3 cm³/mol. The van der Waals surface area contributed by atoms with Crippen molar-refractivity contribution in [3.63, 3.8) is 0 Å². The number of carbonyl (C=O) groups excluding carboxylic acids is 1. The van der Waals surface area contributed by atoms with Crippen LogP contribution in [0.2, 0.25) is 0 Å². The fraction of sp³-hybridized carbons (Fsp3) is 0.316. The first-order valence-corrected chi connectivity index (χ1v) is 8.50. The van der Waals surface area contributed by atoms with E-state index in [-0.39, 0.29) is 17.3 Å². The molecule has 1 aliphatic heterocycles. The molecule has 7 heteroatoms. The van der Waals surface area contributed by atoms with Gasteiger partial charge in [0.1, 0.15) is 5.82 Å². The van der Waals surface area contributed by atoms with Crippen LogP contribution in [0, 0.1) is 15.9 Å². The van der Waals surface area contributed by atoms with Gasteiger partial charge in [0.25, 0.3) is 5.91 Å². The van der Waals surface area contributed by atoms with Gasteiger partial charge in [-0.25, -0.2) is 4.39 Å². The van der Waals surface area contributed by atoms with E-state index in [1.54, 1.807) is 35.2 Å². The maximum Gasteiger partial charge on any atom is 0.311 e. The number of nitrogens with zero attached hydrogens (tertiary/aromatic N) is 2. The summed E-state index contributed by atoms with van der Waals surface area (Å²) in [6, 6.07) is 11.7. The first-order chi connectivity index (χ1) is 12.6. The fourth-order valence-corrected chi connectivity index (χ4v) is 3.03. The number of halogens is 1. The van der Waals surface area contributed by atoms with Crippen molar-refractivity contribution in [1.29, 1.82) is 0 Å². The van der Waals surface area contributed by atoms with Gasteiger partial charge >= 0.3 is 5.69 Å². The van der Waals surface area contributed by atoms with E-state index in [4.69, 9.17) is 4.74 Å². The van der Waals surface area contributed by atoms with Crippen LogP contribution in [0.25, 0.3) is 0 Å². The topological polar surface area (TPSA) is 72.7 Å². The van der Waals surface area contributed by atoms with Gasteiger partial charge in [-0.15, -0.1) is 0 Å². The SMILES string of the molecule is O=C([C@@H](Oc1cc(F)ccc1[N+](=O)[O-])c1ccccc1)N1CCCCC1. The van der Waals surface area contributed by atoms with Crippen molar-refractivity contribution in [3.8, 4) is 5.75 Å². The van der Waals surface area contributed by atoms with Gasteiger partial charge in [0.15, 0.2) is 0 Å². The average Bonchev–Trinajstić information content (AvgIpc) is 2.67. The Labute approximate surface area is 150 Å². The Hall–Kier alpha value is -2.96. The lowest BCUT2D eigenvalue weighted by molar-refractivity contribution is -0.386. The molecule has 1 amide bonds. The van der Waals surface area contributed by atoms with Crippen molar-refractivity contribution in [2.75, 3.05) is 13.1 Å². The third-order valence-corrected chi connectivity index (χ3v) is 4.36. The molecule has 1 saturated heterocycles. The molecule has 2 aromatic carbocycles. The second-order valence-electron chi connectivity index (χ2n) is 6.16. The minimum Gasteiger partial charge on any atom is -0.468 e. The van der Waals surface area contributed by atoms with E-state index in [0.29, 0.717) is 18.7 Å².